The number of rotatable bonds is 2. The molecule has 0 amide bonds. The first-order valence-corrected chi connectivity index (χ1v) is 6.90. The summed E-state index contributed by atoms with van der Waals surface area (Å²) in [4.78, 5) is 15.5. The number of nitrogens with zero attached hydrogens (tertiary/aromatic N) is 4. The van der Waals surface area contributed by atoms with Crippen LogP contribution in [0.4, 0.5) is 5.95 Å². The molecule has 2 aromatic rings. The van der Waals surface area contributed by atoms with E-state index in [0.29, 0.717) is 0 Å². The van der Waals surface area contributed by atoms with Crippen molar-refractivity contribution in [2.45, 2.75) is 26.7 Å². The maximum atomic E-state index is 9.60. The van der Waals surface area contributed by atoms with Crippen molar-refractivity contribution in [2.75, 3.05) is 18.0 Å². The van der Waals surface area contributed by atoms with E-state index in [0.717, 1.165) is 41.6 Å². The van der Waals surface area contributed by atoms with Crippen LogP contribution in [-0.4, -0.2) is 33.1 Å². The van der Waals surface area contributed by atoms with Gasteiger partial charge < -0.3 is 10.0 Å². The summed E-state index contributed by atoms with van der Waals surface area (Å²) in [5.41, 5.74) is 3.68. The van der Waals surface area contributed by atoms with Crippen molar-refractivity contribution < 1.29 is 5.11 Å². The van der Waals surface area contributed by atoms with Gasteiger partial charge >= 0.3 is 0 Å². The van der Waals surface area contributed by atoms with Crippen LogP contribution in [0.1, 0.15) is 24.1 Å². The summed E-state index contributed by atoms with van der Waals surface area (Å²) in [6, 6.07) is 1.69. The van der Waals surface area contributed by atoms with Crippen LogP contribution in [0, 0.1) is 13.8 Å². The second kappa shape index (κ2) is 5.07. The molecular weight excluding hydrogens is 252 g/mol. The summed E-state index contributed by atoms with van der Waals surface area (Å²) in [5.74, 6) is 0.935. The summed E-state index contributed by atoms with van der Waals surface area (Å²) in [5, 5.41) is 9.60. The Morgan fingerprint density at radius 3 is 2.55 bits per heavy atom. The molecule has 0 spiro atoms. The van der Waals surface area contributed by atoms with Gasteiger partial charge in [-0.25, -0.2) is 9.97 Å². The third-order valence-electron chi connectivity index (χ3n) is 3.76. The molecule has 0 saturated carbocycles. The summed E-state index contributed by atoms with van der Waals surface area (Å²) >= 11 is 0. The Bertz CT molecular complexity index is 636. The molecule has 0 unspecified atom stereocenters. The van der Waals surface area contributed by atoms with Crippen molar-refractivity contribution in [3.05, 3.63) is 29.7 Å². The minimum atomic E-state index is 0.154. The van der Waals surface area contributed by atoms with Gasteiger partial charge in [0, 0.05) is 30.5 Å². The zero-order valence-corrected chi connectivity index (χ0v) is 11.8. The van der Waals surface area contributed by atoms with E-state index in [-0.39, 0.29) is 5.75 Å². The van der Waals surface area contributed by atoms with Crippen LogP contribution < -0.4 is 4.90 Å². The number of aryl methyl sites for hydroxylation is 1. The highest BCUT2D eigenvalue weighted by molar-refractivity contribution is 5.65. The number of anilines is 1. The smallest absolute Gasteiger partial charge is 0.226 e. The zero-order chi connectivity index (χ0) is 14.1. The van der Waals surface area contributed by atoms with Gasteiger partial charge in [-0.05, 0) is 38.3 Å². The first kappa shape index (κ1) is 12.8. The molecule has 1 aliphatic heterocycles. The molecule has 104 valence electrons. The highest BCUT2D eigenvalue weighted by Crippen LogP contribution is 2.27. The van der Waals surface area contributed by atoms with Gasteiger partial charge in [0.1, 0.15) is 5.75 Å². The Hall–Kier alpha value is -2.17. The fourth-order valence-electron chi connectivity index (χ4n) is 2.51. The first-order valence-electron chi connectivity index (χ1n) is 6.90. The molecule has 5 heteroatoms. The second-order valence-corrected chi connectivity index (χ2v) is 5.21. The number of hydrogen-bond acceptors (Lipinski definition) is 5. The average Bonchev–Trinajstić information content (AvgIpc) is 2.95. The molecule has 1 N–H and O–H groups in total. The zero-order valence-electron chi connectivity index (χ0n) is 11.8. The Morgan fingerprint density at radius 2 is 1.85 bits per heavy atom. The molecule has 1 saturated heterocycles. The maximum absolute atomic E-state index is 9.60. The van der Waals surface area contributed by atoms with Gasteiger partial charge in [-0.15, -0.1) is 0 Å². The highest BCUT2D eigenvalue weighted by Gasteiger charge is 2.18. The monoisotopic (exact) mass is 270 g/mol. The van der Waals surface area contributed by atoms with Gasteiger partial charge in [0.05, 0.1) is 11.9 Å². The first-order chi connectivity index (χ1) is 9.65. The van der Waals surface area contributed by atoms with E-state index in [9.17, 15) is 5.11 Å². The minimum absolute atomic E-state index is 0.154. The van der Waals surface area contributed by atoms with Crippen molar-refractivity contribution in [1.29, 1.82) is 0 Å². The van der Waals surface area contributed by atoms with E-state index in [1.807, 2.05) is 13.8 Å². The second-order valence-electron chi connectivity index (χ2n) is 5.21. The lowest BCUT2D eigenvalue weighted by atomic mass is 10.1. The predicted molar refractivity (Wildman–Crippen MR) is 77.8 cm³/mol. The third kappa shape index (κ3) is 2.31. The van der Waals surface area contributed by atoms with Crippen molar-refractivity contribution in [3.63, 3.8) is 0 Å². The van der Waals surface area contributed by atoms with Crippen LogP contribution in [0.15, 0.2) is 18.5 Å². The number of aromatic nitrogens is 3. The molecule has 0 atom stereocenters. The van der Waals surface area contributed by atoms with E-state index in [4.69, 9.17) is 4.98 Å². The summed E-state index contributed by atoms with van der Waals surface area (Å²) in [7, 11) is 0. The van der Waals surface area contributed by atoms with Crippen molar-refractivity contribution in [2.24, 2.45) is 0 Å². The Labute approximate surface area is 118 Å². The van der Waals surface area contributed by atoms with E-state index < -0.39 is 0 Å². The van der Waals surface area contributed by atoms with Gasteiger partial charge in [-0.2, -0.15) is 0 Å². The SMILES string of the molecule is Cc1nc(N2CCCC2)nc(-c2cncc(O)c2)c1C. The molecular formula is C15H18N4O. The van der Waals surface area contributed by atoms with Gasteiger partial charge in [0.2, 0.25) is 5.95 Å². The molecule has 0 radical (unpaired) electrons. The lowest BCUT2D eigenvalue weighted by Gasteiger charge is -2.18. The third-order valence-corrected chi connectivity index (χ3v) is 3.76. The number of hydrogen-bond donors (Lipinski definition) is 1. The summed E-state index contributed by atoms with van der Waals surface area (Å²) in [6.07, 6.45) is 5.54. The molecule has 0 bridgehead atoms. The van der Waals surface area contributed by atoms with Crippen molar-refractivity contribution in [1.82, 2.24) is 15.0 Å². The van der Waals surface area contributed by atoms with E-state index in [1.54, 1.807) is 12.3 Å². The van der Waals surface area contributed by atoms with Crippen LogP contribution in [0.25, 0.3) is 11.3 Å². The minimum Gasteiger partial charge on any atom is -0.506 e. The molecule has 3 rings (SSSR count). The van der Waals surface area contributed by atoms with Gasteiger partial charge in [0.15, 0.2) is 0 Å². The Balaban J connectivity index is 2.09. The molecule has 1 aliphatic rings. The topological polar surface area (TPSA) is 62.1 Å². The van der Waals surface area contributed by atoms with Crippen LogP contribution in [0.3, 0.4) is 0 Å². The largest absolute Gasteiger partial charge is 0.506 e. The predicted octanol–water partition coefficient (Wildman–Crippen LogP) is 2.46. The quantitative estimate of drug-likeness (QED) is 0.908. The Kier molecular flexibility index (Phi) is 3.26. The standard InChI is InChI=1S/C15H18N4O/c1-10-11(2)17-15(19-5-3-4-6-19)18-14(10)12-7-13(20)9-16-8-12/h7-9,20H,3-6H2,1-2H3. The molecule has 0 aliphatic carbocycles. The van der Waals surface area contributed by atoms with Crippen LogP contribution >= 0.6 is 0 Å². The maximum Gasteiger partial charge on any atom is 0.226 e. The molecule has 1 fully saturated rings. The van der Waals surface area contributed by atoms with Gasteiger partial charge in [-0.1, -0.05) is 0 Å². The lowest BCUT2D eigenvalue weighted by Crippen LogP contribution is -2.21. The fraction of sp³-hybridized carbons (Fsp3) is 0.400. The molecule has 0 aromatic carbocycles. The average molecular weight is 270 g/mol. The van der Waals surface area contributed by atoms with E-state index >= 15 is 0 Å². The van der Waals surface area contributed by atoms with Crippen molar-refractivity contribution in [3.8, 4) is 17.0 Å². The van der Waals surface area contributed by atoms with E-state index in [2.05, 4.69) is 14.9 Å². The summed E-state index contributed by atoms with van der Waals surface area (Å²) in [6.45, 7) is 6.03. The van der Waals surface area contributed by atoms with Crippen LogP contribution in [0.5, 0.6) is 5.75 Å². The number of aromatic hydroxyl groups is 1. The van der Waals surface area contributed by atoms with Gasteiger partial charge in [0.25, 0.3) is 0 Å². The van der Waals surface area contributed by atoms with Crippen LogP contribution in [0.2, 0.25) is 0 Å². The van der Waals surface area contributed by atoms with Crippen molar-refractivity contribution >= 4 is 5.95 Å². The highest BCUT2D eigenvalue weighted by atomic mass is 16.3. The molecule has 5 nitrogen and oxygen atoms in total. The molecule has 3 heterocycles. The van der Waals surface area contributed by atoms with Crippen LogP contribution in [-0.2, 0) is 0 Å². The Morgan fingerprint density at radius 1 is 1.10 bits per heavy atom. The molecule has 20 heavy (non-hydrogen) atoms. The molecule has 2 aromatic heterocycles. The fourth-order valence-corrected chi connectivity index (χ4v) is 2.51. The lowest BCUT2D eigenvalue weighted by molar-refractivity contribution is 0.473. The normalized spacial score (nSPS) is 14.8. The van der Waals surface area contributed by atoms with E-state index in [1.165, 1.54) is 19.0 Å². The van der Waals surface area contributed by atoms with Gasteiger partial charge in [-0.3, -0.25) is 4.98 Å². The summed E-state index contributed by atoms with van der Waals surface area (Å²) < 4.78 is 0. The number of pyridine rings is 1.